The summed E-state index contributed by atoms with van der Waals surface area (Å²) in [7, 11) is 0. The van der Waals surface area contributed by atoms with E-state index in [-0.39, 0.29) is 11.8 Å². The molecular weight excluding hydrogens is 248 g/mol. The third-order valence-electron chi connectivity index (χ3n) is 2.94. The van der Waals surface area contributed by atoms with Crippen LogP contribution >= 0.6 is 11.8 Å². The van der Waals surface area contributed by atoms with Gasteiger partial charge in [-0.25, -0.2) is 0 Å². The molecule has 2 rings (SSSR count). The minimum atomic E-state index is -0.460. The van der Waals surface area contributed by atoms with E-state index in [4.69, 9.17) is 0 Å². The van der Waals surface area contributed by atoms with Gasteiger partial charge in [-0.2, -0.15) is 0 Å². The number of hydrogen-bond donors (Lipinski definition) is 1. The fourth-order valence-corrected chi connectivity index (χ4v) is 2.42. The maximum absolute atomic E-state index is 12.2. The molecule has 1 unspecified atom stereocenters. The summed E-state index contributed by atoms with van der Waals surface area (Å²) in [5, 5.41) is 2.68. The number of carbonyl (C=O) groups excluding carboxylic acids is 2. The molecule has 1 fully saturated rings. The van der Waals surface area contributed by atoms with Gasteiger partial charge < -0.3 is 10.2 Å². The molecule has 0 saturated carbocycles. The van der Waals surface area contributed by atoms with Crippen LogP contribution in [-0.2, 0) is 9.59 Å². The largest absolute Gasteiger partial charge is 0.345 e. The second-order valence-electron chi connectivity index (χ2n) is 4.23. The molecule has 1 aliphatic rings. The molecule has 18 heavy (non-hydrogen) atoms. The lowest BCUT2D eigenvalue weighted by Crippen LogP contribution is -2.42. The van der Waals surface area contributed by atoms with Crippen molar-refractivity contribution >= 4 is 29.3 Å². The molecule has 1 atom stereocenters. The summed E-state index contributed by atoms with van der Waals surface area (Å²) < 4.78 is 0. The number of nitrogens with zero attached hydrogens (tertiary/aromatic N) is 1. The Bertz CT molecular complexity index is 476. The molecule has 1 aromatic rings. The SMILES string of the molecule is CSc1cccc(N2CCC(=O)NC(C)C2=O)c1. The standard InChI is InChI=1S/C13H16N2O2S/c1-9-13(17)15(7-6-12(16)14-9)10-4-3-5-11(8-10)18-2/h3-5,8-9H,6-7H2,1-2H3,(H,14,16). The highest BCUT2D eigenvalue weighted by Gasteiger charge is 2.27. The molecule has 0 aliphatic carbocycles. The summed E-state index contributed by atoms with van der Waals surface area (Å²) in [5.41, 5.74) is 0.857. The first-order valence-corrected chi connectivity index (χ1v) is 7.09. The zero-order chi connectivity index (χ0) is 13.1. The van der Waals surface area contributed by atoms with Crippen LogP contribution in [0.4, 0.5) is 5.69 Å². The van der Waals surface area contributed by atoms with Crippen molar-refractivity contribution in [3.05, 3.63) is 24.3 Å². The molecule has 2 amide bonds. The van der Waals surface area contributed by atoms with Crippen LogP contribution in [-0.4, -0.2) is 30.7 Å². The van der Waals surface area contributed by atoms with Crippen LogP contribution in [0.15, 0.2) is 29.2 Å². The van der Waals surface area contributed by atoms with Gasteiger partial charge in [-0.05, 0) is 31.4 Å². The van der Waals surface area contributed by atoms with Crippen molar-refractivity contribution < 1.29 is 9.59 Å². The van der Waals surface area contributed by atoms with Crippen molar-refractivity contribution in [2.45, 2.75) is 24.3 Å². The van der Waals surface area contributed by atoms with Gasteiger partial charge >= 0.3 is 0 Å². The predicted molar refractivity (Wildman–Crippen MR) is 72.8 cm³/mol. The number of nitrogens with one attached hydrogen (secondary N) is 1. The number of thioether (sulfide) groups is 1. The number of anilines is 1. The average molecular weight is 264 g/mol. The van der Waals surface area contributed by atoms with E-state index >= 15 is 0 Å². The lowest BCUT2D eigenvalue weighted by molar-refractivity contribution is -0.125. The zero-order valence-corrected chi connectivity index (χ0v) is 11.3. The van der Waals surface area contributed by atoms with Crippen LogP contribution in [0.1, 0.15) is 13.3 Å². The molecule has 1 heterocycles. The fourth-order valence-electron chi connectivity index (χ4n) is 1.97. The molecule has 0 aromatic heterocycles. The first-order chi connectivity index (χ1) is 8.61. The third kappa shape index (κ3) is 2.67. The van der Waals surface area contributed by atoms with Crippen molar-refractivity contribution in [1.82, 2.24) is 5.32 Å². The molecule has 1 aromatic carbocycles. The Balaban J connectivity index is 2.29. The van der Waals surface area contributed by atoms with Gasteiger partial charge in [0.25, 0.3) is 0 Å². The van der Waals surface area contributed by atoms with Gasteiger partial charge in [-0.15, -0.1) is 11.8 Å². The number of carbonyl (C=O) groups is 2. The van der Waals surface area contributed by atoms with Crippen LogP contribution in [0, 0.1) is 0 Å². The van der Waals surface area contributed by atoms with Gasteiger partial charge in [0.05, 0.1) is 0 Å². The van der Waals surface area contributed by atoms with Crippen molar-refractivity contribution in [3.63, 3.8) is 0 Å². The minimum absolute atomic E-state index is 0.0564. The fraction of sp³-hybridized carbons (Fsp3) is 0.385. The first kappa shape index (κ1) is 13.0. The molecule has 1 aliphatic heterocycles. The van der Waals surface area contributed by atoms with Gasteiger partial charge in [0, 0.05) is 23.5 Å². The Morgan fingerprint density at radius 2 is 2.17 bits per heavy atom. The summed E-state index contributed by atoms with van der Waals surface area (Å²) in [6.45, 7) is 2.16. The number of hydrogen-bond acceptors (Lipinski definition) is 3. The van der Waals surface area contributed by atoms with Crippen molar-refractivity contribution in [2.75, 3.05) is 17.7 Å². The molecule has 96 valence electrons. The van der Waals surface area contributed by atoms with Gasteiger partial charge in [0.2, 0.25) is 11.8 Å². The molecule has 0 spiro atoms. The average Bonchev–Trinajstić information content (AvgIpc) is 2.50. The molecule has 0 radical (unpaired) electrons. The molecule has 1 N–H and O–H groups in total. The summed E-state index contributed by atoms with van der Waals surface area (Å²) in [6.07, 6.45) is 2.34. The van der Waals surface area contributed by atoms with Crippen molar-refractivity contribution in [3.8, 4) is 0 Å². The van der Waals surface area contributed by atoms with E-state index in [1.807, 2.05) is 30.5 Å². The minimum Gasteiger partial charge on any atom is -0.345 e. The Labute approximate surface area is 111 Å². The van der Waals surface area contributed by atoms with Crippen LogP contribution in [0.2, 0.25) is 0 Å². The Morgan fingerprint density at radius 3 is 2.89 bits per heavy atom. The number of benzene rings is 1. The summed E-state index contributed by atoms with van der Waals surface area (Å²) >= 11 is 1.63. The zero-order valence-electron chi connectivity index (χ0n) is 10.5. The van der Waals surface area contributed by atoms with Gasteiger partial charge in [-0.3, -0.25) is 9.59 Å². The Morgan fingerprint density at radius 1 is 1.39 bits per heavy atom. The van der Waals surface area contributed by atoms with Gasteiger partial charge in [0.1, 0.15) is 6.04 Å². The lowest BCUT2D eigenvalue weighted by atomic mass is 10.2. The summed E-state index contributed by atoms with van der Waals surface area (Å²) in [6, 6.07) is 7.35. The Kier molecular flexibility index (Phi) is 3.91. The quantitative estimate of drug-likeness (QED) is 0.826. The highest BCUT2D eigenvalue weighted by molar-refractivity contribution is 7.98. The van der Waals surface area contributed by atoms with E-state index in [1.54, 1.807) is 23.6 Å². The van der Waals surface area contributed by atoms with Crippen molar-refractivity contribution in [2.24, 2.45) is 0 Å². The summed E-state index contributed by atoms with van der Waals surface area (Å²) in [4.78, 5) is 26.4. The molecule has 0 bridgehead atoms. The molecule has 4 nitrogen and oxygen atoms in total. The van der Waals surface area contributed by atoms with E-state index < -0.39 is 6.04 Å². The van der Waals surface area contributed by atoms with Crippen LogP contribution in [0.25, 0.3) is 0 Å². The van der Waals surface area contributed by atoms with Crippen LogP contribution < -0.4 is 10.2 Å². The smallest absolute Gasteiger partial charge is 0.249 e. The van der Waals surface area contributed by atoms with E-state index in [2.05, 4.69) is 5.32 Å². The lowest BCUT2D eigenvalue weighted by Gasteiger charge is -2.22. The Hall–Kier alpha value is -1.49. The van der Waals surface area contributed by atoms with E-state index in [1.165, 1.54) is 0 Å². The number of rotatable bonds is 2. The highest BCUT2D eigenvalue weighted by Crippen LogP contribution is 2.23. The monoisotopic (exact) mass is 264 g/mol. The highest BCUT2D eigenvalue weighted by atomic mass is 32.2. The topological polar surface area (TPSA) is 49.4 Å². The normalized spacial score (nSPS) is 20.6. The second kappa shape index (κ2) is 5.44. The molecular formula is C13H16N2O2S. The number of amides is 2. The van der Waals surface area contributed by atoms with Gasteiger partial charge in [0.15, 0.2) is 0 Å². The third-order valence-corrected chi connectivity index (χ3v) is 3.67. The van der Waals surface area contributed by atoms with E-state index in [0.717, 1.165) is 10.6 Å². The van der Waals surface area contributed by atoms with E-state index in [9.17, 15) is 9.59 Å². The summed E-state index contributed by atoms with van der Waals surface area (Å²) in [5.74, 6) is -0.126. The maximum atomic E-state index is 12.2. The van der Waals surface area contributed by atoms with Gasteiger partial charge in [-0.1, -0.05) is 6.07 Å². The molecule has 5 heteroatoms. The van der Waals surface area contributed by atoms with Crippen LogP contribution in [0.3, 0.4) is 0 Å². The van der Waals surface area contributed by atoms with E-state index in [0.29, 0.717) is 13.0 Å². The molecule has 1 saturated heterocycles. The predicted octanol–water partition coefficient (Wildman–Crippen LogP) is 1.65. The first-order valence-electron chi connectivity index (χ1n) is 5.86. The van der Waals surface area contributed by atoms with Crippen molar-refractivity contribution in [1.29, 1.82) is 0 Å². The second-order valence-corrected chi connectivity index (χ2v) is 5.11. The van der Waals surface area contributed by atoms with Crippen LogP contribution in [0.5, 0.6) is 0 Å². The maximum Gasteiger partial charge on any atom is 0.249 e.